The third-order valence-corrected chi connectivity index (χ3v) is 4.43. The fraction of sp³-hybridized carbons (Fsp3) is 0.250. The molecule has 1 N–H and O–H groups in total. The van der Waals surface area contributed by atoms with Gasteiger partial charge in [0.15, 0.2) is 11.5 Å². The highest BCUT2D eigenvalue weighted by Gasteiger charge is 2.22. The molecule has 3 nitrogen and oxygen atoms in total. The molecule has 0 aromatic heterocycles. The average molecular weight is 288 g/mol. The van der Waals surface area contributed by atoms with Gasteiger partial charge in [0, 0.05) is 4.90 Å². The number of phenolic OH excluding ortho intramolecular Hbond substituents is 1. The summed E-state index contributed by atoms with van der Waals surface area (Å²) in [5, 5.41) is 9.96. The molecule has 2 aromatic carbocycles. The quantitative estimate of drug-likeness (QED) is 0.922. The Hall–Kier alpha value is -1.65. The van der Waals surface area contributed by atoms with Gasteiger partial charge in [-0.25, -0.2) is 0 Å². The summed E-state index contributed by atoms with van der Waals surface area (Å²) in [6.45, 7) is 3.03. The van der Waals surface area contributed by atoms with Crippen molar-refractivity contribution in [1.29, 1.82) is 0 Å². The van der Waals surface area contributed by atoms with Crippen molar-refractivity contribution in [1.82, 2.24) is 0 Å². The van der Waals surface area contributed by atoms with Gasteiger partial charge in [0.2, 0.25) is 0 Å². The molecular formula is C16H16O3S. The maximum absolute atomic E-state index is 9.96. The van der Waals surface area contributed by atoms with Crippen molar-refractivity contribution in [3.63, 3.8) is 0 Å². The Bertz CT molecular complexity index is 612. The first-order valence-electron chi connectivity index (χ1n) is 6.60. The first kappa shape index (κ1) is 13.3. The highest BCUT2D eigenvalue weighted by Crippen LogP contribution is 2.44. The summed E-state index contributed by atoms with van der Waals surface area (Å²) in [5.41, 5.74) is 2.07. The minimum Gasteiger partial charge on any atom is -0.504 e. The number of hydrogen-bond donors (Lipinski definition) is 1. The number of rotatable bonds is 3. The summed E-state index contributed by atoms with van der Waals surface area (Å²) in [4.78, 5) is 1.23. The number of hydrogen-bond acceptors (Lipinski definition) is 4. The predicted octanol–water partition coefficient (Wildman–Crippen LogP) is 4.11. The first-order valence-corrected chi connectivity index (χ1v) is 7.47. The molecule has 104 valence electrons. The maximum atomic E-state index is 9.96. The van der Waals surface area contributed by atoms with Crippen molar-refractivity contribution >= 4 is 11.8 Å². The van der Waals surface area contributed by atoms with Crippen molar-refractivity contribution in [2.75, 3.05) is 6.61 Å². The summed E-state index contributed by atoms with van der Waals surface area (Å²) in [7, 11) is 0. The van der Waals surface area contributed by atoms with Crippen molar-refractivity contribution < 1.29 is 14.6 Å². The normalized spacial score (nSPS) is 17.6. The Morgan fingerprint density at radius 1 is 1.30 bits per heavy atom. The van der Waals surface area contributed by atoms with E-state index < -0.39 is 0 Å². The van der Waals surface area contributed by atoms with Gasteiger partial charge in [0.05, 0.1) is 13.2 Å². The van der Waals surface area contributed by atoms with Crippen molar-refractivity contribution in [2.45, 2.75) is 23.9 Å². The van der Waals surface area contributed by atoms with E-state index in [1.54, 1.807) is 23.9 Å². The molecule has 0 saturated carbocycles. The minimum atomic E-state index is -0.0912. The molecule has 2 aromatic rings. The summed E-state index contributed by atoms with van der Waals surface area (Å²) < 4.78 is 11.2. The van der Waals surface area contributed by atoms with Gasteiger partial charge in [-0.1, -0.05) is 36.0 Å². The van der Waals surface area contributed by atoms with E-state index in [0.717, 1.165) is 5.56 Å². The van der Waals surface area contributed by atoms with E-state index in [1.807, 2.05) is 25.1 Å². The molecule has 1 atom stereocenters. The lowest BCUT2D eigenvalue weighted by atomic mass is 10.2. The van der Waals surface area contributed by atoms with Crippen LogP contribution in [-0.2, 0) is 11.3 Å². The molecule has 4 heteroatoms. The average Bonchev–Trinajstić information content (AvgIpc) is 2.49. The second kappa shape index (κ2) is 5.77. The third-order valence-electron chi connectivity index (χ3n) is 3.15. The van der Waals surface area contributed by atoms with Gasteiger partial charge in [-0.3, -0.25) is 0 Å². The molecule has 0 amide bonds. The van der Waals surface area contributed by atoms with Crippen LogP contribution in [0.25, 0.3) is 0 Å². The lowest BCUT2D eigenvalue weighted by Crippen LogP contribution is -2.07. The molecule has 0 fully saturated rings. The van der Waals surface area contributed by atoms with Crippen LogP contribution < -0.4 is 4.74 Å². The van der Waals surface area contributed by atoms with E-state index in [-0.39, 0.29) is 11.2 Å². The Labute approximate surface area is 122 Å². The molecule has 20 heavy (non-hydrogen) atoms. The first-order chi connectivity index (χ1) is 9.78. The fourth-order valence-corrected chi connectivity index (χ4v) is 3.26. The number of fused-ring (bicyclic) bond motifs is 1. The van der Waals surface area contributed by atoms with Crippen LogP contribution in [0.1, 0.15) is 23.5 Å². The van der Waals surface area contributed by atoms with Crippen LogP contribution in [0.3, 0.4) is 0 Å². The van der Waals surface area contributed by atoms with Crippen LogP contribution in [-0.4, -0.2) is 11.7 Å². The summed E-state index contributed by atoms with van der Waals surface area (Å²) in [6, 6.07) is 13.7. The minimum absolute atomic E-state index is 0.0912. The standard InChI is InChI=1S/C16H16O3S/c1-2-18-14-8-7-11(9-13(14)17)16-19-10-12-5-3-4-6-15(12)20-16/h3-9,16-17H,2,10H2,1H3. The number of thioether (sulfide) groups is 1. The Morgan fingerprint density at radius 3 is 2.95 bits per heavy atom. The van der Waals surface area contributed by atoms with Gasteiger partial charge in [-0.2, -0.15) is 0 Å². The predicted molar refractivity (Wildman–Crippen MR) is 79.1 cm³/mol. The molecule has 1 aliphatic rings. The number of aromatic hydroxyl groups is 1. The highest BCUT2D eigenvalue weighted by molar-refractivity contribution is 7.99. The van der Waals surface area contributed by atoms with Gasteiger partial charge >= 0.3 is 0 Å². The lowest BCUT2D eigenvalue weighted by molar-refractivity contribution is 0.0924. The molecule has 1 unspecified atom stereocenters. The third kappa shape index (κ3) is 2.62. The SMILES string of the molecule is CCOc1ccc(C2OCc3ccccc3S2)cc1O. The number of benzene rings is 2. The second-order valence-corrected chi connectivity index (χ2v) is 5.63. The Balaban J connectivity index is 1.83. The smallest absolute Gasteiger partial charge is 0.160 e. The molecule has 1 heterocycles. The largest absolute Gasteiger partial charge is 0.504 e. The van der Waals surface area contributed by atoms with Gasteiger partial charge in [-0.05, 0) is 36.2 Å². The molecule has 1 aliphatic heterocycles. The van der Waals surface area contributed by atoms with Gasteiger partial charge < -0.3 is 14.6 Å². The molecule has 0 aliphatic carbocycles. The van der Waals surface area contributed by atoms with Crippen molar-refractivity contribution in [3.8, 4) is 11.5 Å². The van der Waals surface area contributed by atoms with Crippen LogP contribution in [0.5, 0.6) is 11.5 Å². The number of phenols is 1. The molecule has 0 spiro atoms. The maximum Gasteiger partial charge on any atom is 0.160 e. The van der Waals surface area contributed by atoms with E-state index >= 15 is 0 Å². The summed E-state index contributed by atoms with van der Waals surface area (Å²) in [6.07, 6.45) is 0. The van der Waals surface area contributed by atoms with Gasteiger partial charge in [0.1, 0.15) is 5.44 Å². The van der Waals surface area contributed by atoms with Crippen molar-refractivity contribution in [3.05, 3.63) is 53.6 Å². The zero-order chi connectivity index (χ0) is 13.9. The Morgan fingerprint density at radius 2 is 2.15 bits per heavy atom. The van der Waals surface area contributed by atoms with Crippen LogP contribution in [0.2, 0.25) is 0 Å². The topological polar surface area (TPSA) is 38.7 Å². The molecular weight excluding hydrogens is 272 g/mol. The van der Waals surface area contributed by atoms with E-state index in [1.165, 1.54) is 10.5 Å². The molecule has 0 saturated heterocycles. The van der Waals surface area contributed by atoms with E-state index in [2.05, 4.69) is 12.1 Å². The second-order valence-electron chi connectivity index (χ2n) is 4.53. The monoisotopic (exact) mass is 288 g/mol. The molecule has 0 bridgehead atoms. The van der Waals surface area contributed by atoms with Crippen LogP contribution >= 0.6 is 11.8 Å². The Kier molecular flexibility index (Phi) is 3.85. The lowest BCUT2D eigenvalue weighted by Gasteiger charge is -2.25. The van der Waals surface area contributed by atoms with E-state index in [0.29, 0.717) is 19.0 Å². The summed E-state index contributed by atoms with van der Waals surface area (Å²) in [5.74, 6) is 0.671. The van der Waals surface area contributed by atoms with Gasteiger partial charge in [-0.15, -0.1) is 0 Å². The zero-order valence-electron chi connectivity index (χ0n) is 11.2. The van der Waals surface area contributed by atoms with E-state index in [9.17, 15) is 5.11 Å². The van der Waals surface area contributed by atoms with Crippen LogP contribution in [0, 0.1) is 0 Å². The molecule has 0 radical (unpaired) electrons. The van der Waals surface area contributed by atoms with Crippen molar-refractivity contribution in [2.24, 2.45) is 0 Å². The van der Waals surface area contributed by atoms with Gasteiger partial charge in [0.25, 0.3) is 0 Å². The summed E-state index contributed by atoms with van der Waals surface area (Å²) >= 11 is 1.66. The highest BCUT2D eigenvalue weighted by atomic mass is 32.2. The zero-order valence-corrected chi connectivity index (χ0v) is 12.0. The van der Waals surface area contributed by atoms with Crippen LogP contribution in [0.15, 0.2) is 47.4 Å². The molecule has 3 rings (SSSR count). The fourth-order valence-electron chi connectivity index (χ4n) is 2.18. The van der Waals surface area contributed by atoms with E-state index in [4.69, 9.17) is 9.47 Å². The number of ether oxygens (including phenoxy) is 2. The van der Waals surface area contributed by atoms with Crippen LogP contribution in [0.4, 0.5) is 0 Å².